The predicted molar refractivity (Wildman–Crippen MR) is 80.5 cm³/mol. The lowest BCUT2D eigenvalue weighted by atomic mass is 9.98. The molecule has 2 saturated heterocycles. The molecule has 0 radical (unpaired) electrons. The van der Waals surface area contributed by atoms with Crippen molar-refractivity contribution in [3.8, 4) is 0 Å². The molecule has 0 aromatic rings. The van der Waals surface area contributed by atoms with Gasteiger partial charge in [-0.3, -0.25) is 4.90 Å². The summed E-state index contributed by atoms with van der Waals surface area (Å²) in [5, 5.41) is 0. The lowest BCUT2D eigenvalue weighted by Crippen LogP contribution is -2.41. The molecule has 0 N–H and O–H groups in total. The van der Waals surface area contributed by atoms with Gasteiger partial charge < -0.3 is 9.47 Å². The normalized spacial score (nSPS) is 29.5. The second kappa shape index (κ2) is 5.48. The number of carbonyl (C=O) groups is 1. The highest BCUT2D eigenvalue weighted by molar-refractivity contribution is 8.22. The van der Waals surface area contributed by atoms with Gasteiger partial charge in [-0.15, -0.1) is 0 Å². The quantitative estimate of drug-likeness (QED) is 0.696. The number of hydrogen-bond acceptors (Lipinski definition) is 5. The molecule has 3 atom stereocenters. The predicted octanol–water partition coefficient (Wildman–Crippen LogP) is 3.19. The van der Waals surface area contributed by atoms with Crippen molar-refractivity contribution < 1.29 is 14.3 Å². The molecule has 2 aliphatic heterocycles. The van der Waals surface area contributed by atoms with Crippen LogP contribution in [0.3, 0.4) is 0 Å². The Morgan fingerprint density at radius 2 is 2.05 bits per heavy atom. The maximum atomic E-state index is 12.2. The summed E-state index contributed by atoms with van der Waals surface area (Å²) in [5.74, 6) is 0. The number of ether oxygens (including phenoxy) is 2. The third kappa shape index (κ3) is 3.34. The topological polar surface area (TPSA) is 38.8 Å². The molecule has 0 aromatic heterocycles. The Kier molecular flexibility index (Phi) is 4.30. The van der Waals surface area contributed by atoms with Gasteiger partial charge in [0.1, 0.15) is 11.7 Å². The molecule has 3 unspecified atom stereocenters. The Hall–Kier alpha value is -0.490. The summed E-state index contributed by atoms with van der Waals surface area (Å²) in [5.41, 5.74) is -0.454. The highest BCUT2D eigenvalue weighted by Crippen LogP contribution is 2.40. The Morgan fingerprint density at radius 3 is 2.63 bits per heavy atom. The first-order chi connectivity index (χ1) is 8.81. The third-order valence-electron chi connectivity index (χ3n) is 3.50. The van der Waals surface area contributed by atoms with E-state index in [2.05, 4.69) is 0 Å². The van der Waals surface area contributed by atoms with Crippen LogP contribution in [0.5, 0.6) is 0 Å². The van der Waals surface area contributed by atoms with Crippen LogP contribution in [0.4, 0.5) is 4.79 Å². The van der Waals surface area contributed by atoms with Crippen LogP contribution in [0.2, 0.25) is 0 Å². The molecule has 0 aliphatic carbocycles. The molecule has 19 heavy (non-hydrogen) atoms. The largest absolute Gasteiger partial charge is 0.473 e. The second-order valence-corrected chi connectivity index (χ2v) is 7.44. The summed E-state index contributed by atoms with van der Waals surface area (Å²) in [7, 11) is 0. The number of carbonyl (C=O) groups excluding carboxylic acids is 1. The minimum Gasteiger partial charge on any atom is -0.473 e. The van der Waals surface area contributed by atoms with Crippen LogP contribution in [-0.2, 0) is 9.47 Å². The van der Waals surface area contributed by atoms with Gasteiger partial charge in [-0.25, -0.2) is 4.79 Å². The molecule has 1 amide bonds. The standard InChI is InChI=1S/C13H21NO3S2/c1-13(2,3)17-11(15)14-8-5-6-9(14)10(7-8)16-12(18)19-4/h8-10H,5-7H2,1-4H3. The average Bonchev–Trinajstić information content (AvgIpc) is 2.83. The van der Waals surface area contributed by atoms with Crippen molar-refractivity contribution in [2.24, 2.45) is 0 Å². The molecular formula is C13H21NO3S2. The van der Waals surface area contributed by atoms with Crippen molar-refractivity contribution in [1.82, 2.24) is 4.90 Å². The van der Waals surface area contributed by atoms with E-state index in [0.29, 0.717) is 4.38 Å². The zero-order chi connectivity index (χ0) is 14.2. The number of nitrogens with zero attached hydrogens (tertiary/aromatic N) is 1. The molecule has 2 fully saturated rings. The average molecular weight is 303 g/mol. The maximum absolute atomic E-state index is 12.2. The first-order valence-electron chi connectivity index (χ1n) is 6.58. The number of fused-ring (bicyclic) bond motifs is 2. The summed E-state index contributed by atoms with van der Waals surface area (Å²) in [6, 6.07) is 0.361. The third-order valence-corrected chi connectivity index (χ3v) is 4.52. The van der Waals surface area contributed by atoms with Gasteiger partial charge in [0.2, 0.25) is 4.38 Å². The fourth-order valence-electron chi connectivity index (χ4n) is 2.83. The molecule has 108 valence electrons. The first-order valence-corrected chi connectivity index (χ1v) is 8.21. The lowest BCUT2D eigenvalue weighted by molar-refractivity contribution is 0.0180. The Balaban J connectivity index is 2.00. The van der Waals surface area contributed by atoms with E-state index in [9.17, 15) is 4.79 Å². The second-order valence-electron chi connectivity index (χ2n) is 6.03. The molecule has 0 spiro atoms. The molecule has 0 aromatic carbocycles. The monoisotopic (exact) mass is 303 g/mol. The SMILES string of the molecule is CSC(=S)OC1CC2CCC1N2C(=O)OC(C)(C)C. The molecular weight excluding hydrogens is 282 g/mol. The molecule has 6 heteroatoms. The van der Waals surface area contributed by atoms with Crippen molar-refractivity contribution in [2.75, 3.05) is 6.26 Å². The highest BCUT2D eigenvalue weighted by Gasteiger charge is 2.51. The van der Waals surface area contributed by atoms with Gasteiger partial charge in [0.25, 0.3) is 0 Å². The van der Waals surface area contributed by atoms with Gasteiger partial charge in [-0.05, 0) is 52.1 Å². The van der Waals surface area contributed by atoms with Crippen molar-refractivity contribution in [1.29, 1.82) is 0 Å². The summed E-state index contributed by atoms with van der Waals surface area (Å²) >= 11 is 6.54. The first kappa shape index (κ1) is 14.9. The van der Waals surface area contributed by atoms with Gasteiger partial charge in [0.05, 0.1) is 6.04 Å². The molecule has 0 saturated carbocycles. The summed E-state index contributed by atoms with van der Waals surface area (Å²) in [4.78, 5) is 14.1. The fourth-order valence-corrected chi connectivity index (χ4v) is 3.17. The van der Waals surface area contributed by atoms with E-state index < -0.39 is 5.60 Å². The van der Waals surface area contributed by atoms with Crippen molar-refractivity contribution in [2.45, 2.75) is 63.8 Å². The number of thiocarbonyl (C=S) groups is 1. The fraction of sp³-hybridized carbons (Fsp3) is 0.846. The van der Waals surface area contributed by atoms with Crippen LogP contribution >= 0.6 is 24.0 Å². The Labute approximate surface area is 124 Å². The summed E-state index contributed by atoms with van der Waals surface area (Å²) in [6.45, 7) is 5.67. The molecule has 2 heterocycles. The molecule has 4 nitrogen and oxygen atoms in total. The highest BCUT2D eigenvalue weighted by atomic mass is 32.2. The van der Waals surface area contributed by atoms with E-state index in [-0.39, 0.29) is 24.3 Å². The van der Waals surface area contributed by atoms with Gasteiger partial charge in [-0.1, -0.05) is 11.8 Å². The van der Waals surface area contributed by atoms with Crippen LogP contribution in [-0.4, -0.2) is 45.4 Å². The minimum atomic E-state index is -0.454. The summed E-state index contributed by atoms with van der Waals surface area (Å²) in [6.07, 6.45) is 4.60. The van der Waals surface area contributed by atoms with E-state index in [4.69, 9.17) is 21.7 Å². The number of thioether (sulfide) groups is 1. The maximum Gasteiger partial charge on any atom is 0.410 e. The molecule has 2 bridgehead atoms. The van der Waals surface area contributed by atoms with E-state index in [1.54, 1.807) is 0 Å². The van der Waals surface area contributed by atoms with Crippen molar-refractivity contribution >= 4 is 34.5 Å². The van der Waals surface area contributed by atoms with Crippen molar-refractivity contribution in [3.05, 3.63) is 0 Å². The van der Waals surface area contributed by atoms with E-state index in [1.807, 2.05) is 31.9 Å². The number of hydrogen-bond donors (Lipinski definition) is 0. The van der Waals surface area contributed by atoms with Crippen LogP contribution in [0.25, 0.3) is 0 Å². The van der Waals surface area contributed by atoms with E-state index >= 15 is 0 Å². The van der Waals surface area contributed by atoms with Crippen LogP contribution in [0, 0.1) is 0 Å². The van der Waals surface area contributed by atoms with Gasteiger partial charge in [-0.2, -0.15) is 0 Å². The van der Waals surface area contributed by atoms with E-state index in [0.717, 1.165) is 19.3 Å². The number of rotatable bonds is 1. The van der Waals surface area contributed by atoms with Crippen LogP contribution < -0.4 is 0 Å². The minimum absolute atomic E-state index is 0.0335. The van der Waals surface area contributed by atoms with E-state index in [1.165, 1.54) is 11.8 Å². The van der Waals surface area contributed by atoms with Crippen LogP contribution in [0.15, 0.2) is 0 Å². The number of amides is 1. The molecule has 2 aliphatic rings. The van der Waals surface area contributed by atoms with Crippen molar-refractivity contribution in [3.63, 3.8) is 0 Å². The Morgan fingerprint density at radius 1 is 1.37 bits per heavy atom. The lowest BCUT2D eigenvalue weighted by Gasteiger charge is -2.28. The smallest absolute Gasteiger partial charge is 0.410 e. The zero-order valence-corrected chi connectivity index (χ0v) is 13.5. The zero-order valence-electron chi connectivity index (χ0n) is 11.8. The Bertz CT molecular complexity index is 381. The van der Waals surface area contributed by atoms with Gasteiger partial charge in [0, 0.05) is 12.5 Å². The van der Waals surface area contributed by atoms with Gasteiger partial charge >= 0.3 is 6.09 Å². The van der Waals surface area contributed by atoms with Gasteiger partial charge in [0.15, 0.2) is 0 Å². The van der Waals surface area contributed by atoms with Crippen LogP contribution in [0.1, 0.15) is 40.0 Å². The molecule has 2 rings (SSSR count). The summed E-state index contributed by atoms with van der Waals surface area (Å²) < 4.78 is 11.8.